The minimum atomic E-state index is 0.0196. The fraction of sp³-hybridized carbons (Fsp3) is 0.190. The fourth-order valence-corrected chi connectivity index (χ4v) is 2.63. The van der Waals surface area contributed by atoms with Gasteiger partial charge in [0.25, 0.3) is 0 Å². The molecule has 0 aliphatic rings. The lowest BCUT2D eigenvalue weighted by Gasteiger charge is -2.10. The molecular formula is C21H21N3O2. The molecule has 5 nitrogen and oxygen atoms in total. The number of anilines is 1. The van der Waals surface area contributed by atoms with Crippen molar-refractivity contribution < 1.29 is 9.90 Å². The first-order valence-corrected chi connectivity index (χ1v) is 8.50. The summed E-state index contributed by atoms with van der Waals surface area (Å²) in [5.74, 6) is 1.66. The van der Waals surface area contributed by atoms with E-state index in [1.807, 2.05) is 37.3 Å². The number of rotatable bonds is 6. The molecule has 0 radical (unpaired) electrons. The molecule has 132 valence electrons. The van der Waals surface area contributed by atoms with Crippen LogP contribution >= 0.6 is 0 Å². The average molecular weight is 347 g/mol. The molecule has 0 aliphatic carbocycles. The number of ketones is 1. The summed E-state index contributed by atoms with van der Waals surface area (Å²) in [6.45, 7) is 4.22. The Morgan fingerprint density at radius 2 is 1.92 bits per heavy atom. The van der Waals surface area contributed by atoms with Crippen molar-refractivity contribution in [3.8, 4) is 17.1 Å². The lowest BCUT2D eigenvalue weighted by Crippen LogP contribution is -2.09. The molecule has 2 N–H and O–H groups in total. The topological polar surface area (TPSA) is 75.1 Å². The molecule has 0 fully saturated rings. The van der Waals surface area contributed by atoms with Gasteiger partial charge in [-0.15, -0.1) is 0 Å². The second-order valence-corrected chi connectivity index (χ2v) is 6.21. The van der Waals surface area contributed by atoms with Gasteiger partial charge in [0.2, 0.25) is 0 Å². The van der Waals surface area contributed by atoms with Crippen molar-refractivity contribution in [3.05, 3.63) is 71.4 Å². The summed E-state index contributed by atoms with van der Waals surface area (Å²) in [5, 5.41) is 12.7. The average Bonchev–Trinajstić information content (AvgIpc) is 2.65. The van der Waals surface area contributed by atoms with Crippen LogP contribution in [0.5, 0.6) is 5.75 Å². The SMILES string of the molecule is CC(=O)c1cccc(-c2ncc(C)c(NCCc3ccc(O)cc3)n2)c1. The van der Waals surface area contributed by atoms with E-state index in [1.165, 1.54) is 0 Å². The van der Waals surface area contributed by atoms with Gasteiger partial charge in [-0.25, -0.2) is 9.97 Å². The molecule has 2 aromatic carbocycles. The number of hydrogen-bond donors (Lipinski definition) is 2. The van der Waals surface area contributed by atoms with Crippen molar-refractivity contribution in [1.29, 1.82) is 0 Å². The van der Waals surface area contributed by atoms with Gasteiger partial charge in [-0.2, -0.15) is 0 Å². The molecule has 0 aliphatic heterocycles. The van der Waals surface area contributed by atoms with Crippen molar-refractivity contribution in [3.63, 3.8) is 0 Å². The lowest BCUT2D eigenvalue weighted by molar-refractivity contribution is 0.101. The van der Waals surface area contributed by atoms with Crippen LogP contribution in [0.15, 0.2) is 54.7 Å². The number of benzene rings is 2. The van der Waals surface area contributed by atoms with E-state index in [0.29, 0.717) is 11.4 Å². The van der Waals surface area contributed by atoms with E-state index in [-0.39, 0.29) is 11.5 Å². The third-order valence-electron chi connectivity index (χ3n) is 4.14. The quantitative estimate of drug-likeness (QED) is 0.659. The van der Waals surface area contributed by atoms with Crippen LogP contribution in [0.1, 0.15) is 28.4 Å². The maximum atomic E-state index is 11.6. The summed E-state index contributed by atoms with van der Waals surface area (Å²) in [4.78, 5) is 20.6. The summed E-state index contributed by atoms with van der Waals surface area (Å²) in [6.07, 6.45) is 2.60. The maximum Gasteiger partial charge on any atom is 0.161 e. The van der Waals surface area contributed by atoms with Crippen LogP contribution in [-0.4, -0.2) is 27.4 Å². The van der Waals surface area contributed by atoms with Crippen molar-refractivity contribution in [2.24, 2.45) is 0 Å². The van der Waals surface area contributed by atoms with Gasteiger partial charge in [-0.1, -0.05) is 30.3 Å². The standard InChI is InChI=1S/C21H21N3O2/c1-14-13-23-21(18-5-3-4-17(12-18)15(2)25)24-20(14)22-11-10-16-6-8-19(26)9-7-16/h3-9,12-13,26H,10-11H2,1-2H3,(H,22,23,24). The molecule has 0 saturated heterocycles. The molecule has 0 unspecified atom stereocenters. The van der Waals surface area contributed by atoms with E-state index in [2.05, 4.69) is 15.3 Å². The number of carbonyl (C=O) groups is 1. The van der Waals surface area contributed by atoms with Crippen LogP contribution in [-0.2, 0) is 6.42 Å². The number of aromatic hydroxyl groups is 1. The minimum Gasteiger partial charge on any atom is -0.508 e. The van der Waals surface area contributed by atoms with Crippen LogP contribution in [0.2, 0.25) is 0 Å². The van der Waals surface area contributed by atoms with E-state index >= 15 is 0 Å². The Kier molecular flexibility index (Phi) is 5.27. The van der Waals surface area contributed by atoms with E-state index in [9.17, 15) is 9.90 Å². The van der Waals surface area contributed by atoms with Gasteiger partial charge in [-0.3, -0.25) is 4.79 Å². The highest BCUT2D eigenvalue weighted by Gasteiger charge is 2.08. The highest BCUT2D eigenvalue weighted by atomic mass is 16.3. The van der Waals surface area contributed by atoms with Crippen LogP contribution in [0, 0.1) is 6.92 Å². The molecule has 5 heteroatoms. The second kappa shape index (κ2) is 7.78. The Morgan fingerprint density at radius 1 is 1.15 bits per heavy atom. The van der Waals surface area contributed by atoms with Gasteiger partial charge in [0.1, 0.15) is 11.6 Å². The fourth-order valence-electron chi connectivity index (χ4n) is 2.63. The van der Waals surface area contributed by atoms with E-state index < -0.39 is 0 Å². The Bertz CT molecular complexity index is 921. The molecule has 1 aromatic heterocycles. The Morgan fingerprint density at radius 3 is 2.65 bits per heavy atom. The number of Topliss-reactive ketones (excluding diaryl/α,β-unsaturated/α-hetero) is 1. The molecule has 3 aromatic rings. The number of nitrogens with zero attached hydrogens (tertiary/aromatic N) is 2. The summed E-state index contributed by atoms with van der Waals surface area (Å²) < 4.78 is 0. The van der Waals surface area contributed by atoms with Gasteiger partial charge in [0, 0.05) is 29.4 Å². The van der Waals surface area contributed by atoms with Crippen molar-refractivity contribution in [2.75, 3.05) is 11.9 Å². The number of phenols is 1. The van der Waals surface area contributed by atoms with E-state index in [4.69, 9.17) is 0 Å². The Labute approximate surface area is 152 Å². The molecule has 0 saturated carbocycles. The molecule has 0 amide bonds. The number of aromatic nitrogens is 2. The normalized spacial score (nSPS) is 10.5. The lowest BCUT2D eigenvalue weighted by atomic mass is 10.1. The van der Waals surface area contributed by atoms with Crippen molar-refractivity contribution in [2.45, 2.75) is 20.3 Å². The molecule has 0 atom stereocenters. The zero-order valence-corrected chi connectivity index (χ0v) is 14.9. The zero-order valence-electron chi connectivity index (χ0n) is 14.9. The largest absolute Gasteiger partial charge is 0.508 e. The highest BCUT2D eigenvalue weighted by molar-refractivity contribution is 5.95. The van der Waals surface area contributed by atoms with E-state index in [0.717, 1.165) is 35.5 Å². The number of phenolic OH excluding ortho intramolecular Hbond substituents is 1. The van der Waals surface area contributed by atoms with E-state index in [1.54, 1.807) is 31.3 Å². The maximum absolute atomic E-state index is 11.6. The summed E-state index contributed by atoms with van der Waals surface area (Å²) in [7, 11) is 0. The minimum absolute atomic E-state index is 0.0196. The predicted molar refractivity (Wildman–Crippen MR) is 103 cm³/mol. The first-order valence-electron chi connectivity index (χ1n) is 8.50. The first-order chi connectivity index (χ1) is 12.5. The number of nitrogens with one attached hydrogen (secondary N) is 1. The molecular weight excluding hydrogens is 326 g/mol. The van der Waals surface area contributed by atoms with Gasteiger partial charge >= 0.3 is 0 Å². The summed E-state index contributed by atoms with van der Waals surface area (Å²) in [5.41, 5.74) is 3.56. The van der Waals surface area contributed by atoms with Crippen molar-refractivity contribution in [1.82, 2.24) is 9.97 Å². The summed E-state index contributed by atoms with van der Waals surface area (Å²) >= 11 is 0. The number of hydrogen-bond acceptors (Lipinski definition) is 5. The molecule has 26 heavy (non-hydrogen) atoms. The Balaban J connectivity index is 1.74. The van der Waals surface area contributed by atoms with Gasteiger partial charge < -0.3 is 10.4 Å². The van der Waals surface area contributed by atoms with Crippen LogP contribution in [0.4, 0.5) is 5.82 Å². The number of aryl methyl sites for hydroxylation is 1. The van der Waals surface area contributed by atoms with Crippen LogP contribution < -0.4 is 5.32 Å². The van der Waals surface area contributed by atoms with Gasteiger partial charge in [0.05, 0.1) is 0 Å². The molecule has 0 bridgehead atoms. The van der Waals surface area contributed by atoms with Crippen LogP contribution in [0.3, 0.4) is 0 Å². The zero-order chi connectivity index (χ0) is 18.5. The number of carbonyl (C=O) groups excluding carboxylic acids is 1. The molecule has 3 rings (SSSR count). The van der Waals surface area contributed by atoms with Crippen molar-refractivity contribution >= 4 is 11.6 Å². The third-order valence-corrected chi connectivity index (χ3v) is 4.14. The smallest absolute Gasteiger partial charge is 0.161 e. The monoisotopic (exact) mass is 347 g/mol. The predicted octanol–water partition coefficient (Wildman–Crippen LogP) is 4.01. The first kappa shape index (κ1) is 17.6. The molecule has 0 spiro atoms. The molecule has 1 heterocycles. The van der Waals surface area contributed by atoms with Crippen LogP contribution in [0.25, 0.3) is 11.4 Å². The highest BCUT2D eigenvalue weighted by Crippen LogP contribution is 2.20. The van der Waals surface area contributed by atoms with Gasteiger partial charge in [0.15, 0.2) is 11.6 Å². The summed E-state index contributed by atoms with van der Waals surface area (Å²) in [6, 6.07) is 14.5. The Hall–Kier alpha value is -3.21. The third kappa shape index (κ3) is 4.25. The second-order valence-electron chi connectivity index (χ2n) is 6.21. The van der Waals surface area contributed by atoms with Gasteiger partial charge in [-0.05, 0) is 44.0 Å².